The molecule has 1 aliphatic rings. The highest BCUT2D eigenvalue weighted by molar-refractivity contribution is 4.74. The zero-order valence-corrected chi connectivity index (χ0v) is 10.8. The lowest BCUT2D eigenvalue weighted by Crippen LogP contribution is -2.26. The molecule has 0 spiro atoms. The summed E-state index contributed by atoms with van der Waals surface area (Å²) in [6.45, 7) is 6.39. The second-order valence-corrected chi connectivity index (χ2v) is 6.32. The molecule has 0 heterocycles. The van der Waals surface area contributed by atoms with Gasteiger partial charge in [0.05, 0.1) is 6.10 Å². The maximum Gasteiger partial charge on any atom is 0.0588 e. The van der Waals surface area contributed by atoms with Crippen LogP contribution in [0.5, 0.6) is 0 Å². The van der Waals surface area contributed by atoms with E-state index >= 15 is 0 Å². The molecular weight excluding hydrogens is 184 g/mol. The van der Waals surface area contributed by atoms with Gasteiger partial charge in [0.15, 0.2) is 0 Å². The fourth-order valence-electron chi connectivity index (χ4n) is 2.48. The summed E-state index contributed by atoms with van der Waals surface area (Å²) in [6.07, 6.45) is 10.6. The van der Waals surface area contributed by atoms with E-state index < -0.39 is 0 Å². The SMILES string of the molecule is CC(C)(C)C(O)CCC1CCCCCC1. The van der Waals surface area contributed by atoms with Gasteiger partial charge in [-0.25, -0.2) is 0 Å². The Labute approximate surface area is 95.3 Å². The third-order valence-corrected chi connectivity index (χ3v) is 3.82. The first-order chi connectivity index (χ1) is 7.00. The van der Waals surface area contributed by atoms with Crippen LogP contribution < -0.4 is 0 Å². The molecule has 1 unspecified atom stereocenters. The van der Waals surface area contributed by atoms with E-state index in [0.29, 0.717) is 0 Å². The maximum atomic E-state index is 9.99. The van der Waals surface area contributed by atoms with Gasteiger partial charge < -0.3 is 5.11 Å². The Morgan fingerprint density at radius 3 is 2.07 bits per heavy atom. The van der Waals surface area contributed by atoms with Gasteiger partial charge in [0.25, 0.3) is 0 Å². The van der Waals surface area contributed by atoms with Gasteiger partial charge in [0.2, 0.25) is 0 Å². The molecule has 1 atom stereocenters. The molecule has 0 aromatic carbocycles. The topological polar surface area (TPSA) is 20.2 Å². The average Bonchev–Trinajstić information content (AvgIpc) is 2.40. The van der Waals surface area contributed by atoms with Crippen LogP contribution in [0.3, 0.4) is 0 Å². The Bertz CT molecular complexity index is 161. The first-order valence-electron chi connectivity index (χ1n) is 6.68. The molecule has 1 rings (SSSR count). The Morgan fingerprint density at radius 2 is 1.60 bits per heavy atom. The number of rotatable bonds is 3. The van der Waals surface area contributed by atoms with Crippen molar-refractivity contribution in [3.05, 3.63) is 0 Å². The maximum absolute atomic E-state index is 9.99. The van der Waals surface area contributed by atoms with E-state index in [-0.39, 0.29) is 11.5 Å². The summed E-state index contributed by atoms with van der Waals surface area (Å²) in [7, 11) is 0. The van der Waals surface area contributed by atoms with E-state index in [2.05, 4.69) is 20.8 Å². The summed E-state index contributed by atoms with van der Waals surface area (Å²) in [6, 6.07) is 0. The lowest BCUT2D eigenvalue weighted by atomic mass is 9.83. The highest BCUT2D eigenvalue weighted by atomic mass is 16.3. The summed E-state index contributed by atoms with van der Waals surface area (Å²) >= 11 is 0. The van der Waals surface area contributed by atoms with Gasteiger partial charge in [0.1, 0.15) is 0 Å². The highest BCUT2D eigenvalue weighted by Crippen LogP contribution is 2.30. The lowest BCUT2D eigenvalue weighted by Gasteiger charge is -2.27. The van der Waals surface area contributed by atoms with Gasteiger partial charge in [-0.15, -0.1) is 0 Å². The molecule has 15 heavy (non-hydrogen) atoms. The second-order valence-electron chi connectivity index (χ2n) is 6.32. The molecule has 0 aliphatic heterocycles. The van der Waals surface area contributed by atoms with Gasteiger partial charge in [-0.1, -0.05) is 59.3 Å². The van der Waals surface area contributed by atoms with Crippen LogP contribution in [0, 0.1) is 11.3 Å². The van der Waals surface area contributed by atoms with E-state index in [9.17, 15) is 5.11 Å². The van der Waals surface area contributed by atoms with Crippen molar-refractivity contribution in [2.75, 3.05) is 0 Å². The molecule has 1 heteroatoms. The fraction of sp³-hybridized carbons (Fsp3) is 1.00. The van der Waals surface area contributed by atoms with Crippen LogP contribution in [0.2, 0.25) is 0 Å². The normalized spacial score (nSPS) is 22.4. The van der Waals surface area contributed by atoms with Crippen molar-refractivity contribution in [3.63, 3.8) is 0 Å². The van der Waals surface area contributed by atoms with E-state index in [1.807, 2.05) is 0 Å². The summed E-state index contributed by atoms with van der Waals surface area (Å²) < 4.78 is 0. The molecule has 0 saturated heterocycles. The van der Waals surface area contributed by atoms with Crippen LogP contribution in [0.25, 0.3) is 0 Å². The van der Waals surface area contributed by atoms with Crippen molar-refractivity contribution >= 4 is 0 Å². The smallest absolute Gasteiger partial charge is 0.0588 e. The van der Waals surface area contributed by atoms with Crippen molar-refractivity contribution in [3.8, 4) is 0 Å². The molecule has 1 saturated carbocycles. The number of hydrogen-bond acceptors (Lipinski definition) is 1. The second kappa shape index (κ2) is 5.89. The molecule has 0 aromatic rings. The molecular formula is C14H28O. The van der Waals surface area contributed by atoms with E-state index in [1.165, 1.54) is 44.9 Å². The zero-order valence-electron chi connectivity index (χ0n) is 10.8. The van der Waals surface area contributed by atoms with E-state index in [0.717, 1.165) is 12.3 Å². The Hall–Kier alpha value is -0.0400. The van der Waals surface area contributed by atoms with Gasteiger partial charge in [-0.2, -0.15) is 0 Å². The summed E-state index contributed by atoms with van der Waals surface area (Å²) in [4.78, 5) is 0. The predicted molar refractivity (Wildman–Crippen MR) is 65.9 cm³/mol. The minimum absolute atomic E-state index is 0.0602. The molecule has 0 amide bonds. The summed E-state index contributed by atoms with van der Waals surface area (Å²) in [5, 5.41) is 9.99. The molecule has 1 fully saturated rings. The van der Waals surface area contributed by atoms with Crippen LogP contribution in [-0.4, -0.2) is 11.2 Å². The summed E-state index contributed by atoms with van der Waals surface area (Å²) in [5.41, 5.74) is 0.0602. The van der Waals surface area contributed by atoms with Crippen molar-refractivity contribution in [1.82, 2.24) is 0 Å². The number of hydrogen-bond donors (Lipinski definition) is 1. The van der Waals surface area contributed by atoms with Crippen LogP contribution >= 0.6 is 0 Å². The summed E-state index contributed by atoms with van der Waals surface area (Å²) in [5.74, 6) is 0.893. The number of aliphatic hydroxyl groups is 1. The van der Waals surface area contributed by atoms with Crippen molar-refractivity contribution in [2.24, 2.45) is 11.3 Å². The average molecular weight is 212 g/mol. The third kappa shape index (κ3) is 5.01. The van der Waals surface area contributed by atoms with Crippen LogP contribution in [0.4, 0.5) is 0 Å². The van der Waals surface area contributed by atoms with Gasteiger partial charge >= 0.3 is 0 Å². The highest BCUT2D eigenvalue weighted by Gasteiger charge is 2.23. The quantitative estimate of drug-likeness (QED) is 0.697. The van der Waals surface area contributed by atoms with E-state index in [4.69, 9.17) is 0 Å². The van der Waals surface area contributed by atoms with Crippen LogP contribution in [-0.2, 0) is 0 Å². The molecule has 0 radical (unpaired) electrons. The first-order valence-corrected chi connectivity index (χ1v) is 6.68. The van der Waals surface area contributed by atoms with Gasteiger partial charge in [-0.05, 0) is 24.2 Å². The Balaban J connectivity index is 2.23. The van der Waals surface area contributed by atoms with Crippen molar-refractivity contribution < 1.29 is 5.11 Å². The zero-order chi connectivity index (χ0) is 11.3. The fourth-order valence-corrected chi connectivity index (χ4v) is 2.48. The molecule has 1 aliphatic carbocycles. The van der Waals surface area contributed by atoms with Crippen LogP contribution in [0.15, 0.2) is 0 Å². The standard InChI is InChI=1S/C14H28O/c1-14(2,3)13(15)11-10-12-8-6-4-5-7-9-12/h12-13,15H,4-11H2,1-3H3. The number of aliphatic hydroxyl groups excluding tert-OH is 1. The monoisotopic (exact) mass is 212 g/mol. The lowest BCUT2D eigenvalue weighted by molar-refractivity contribution is 0.0492. The van der Waals surface area contributed by atoms with E-state index in [1.54, 1.807) is 0 Å². The van der Waals surface area contributed by atoms with Gasteiger partial charge in [0, 0.05) is 0 Å². The van der Waals surface area contributed by atoms with Gasteiger partial charge in [-0.3, -0.25) is 0 Å². The molecule has 1 nitrogen and oxygen atoms in total. The molecule has 0 bridgehead atoms. The van der Waals surface area contributed by atoms with Crippen molar-refractivity contribution in [2.45, 2.75) is 78.2 Å². The molecule has 90 valence electrons. The first kappa shape index (κ1) is 13.0. The Kier molecular flexibility index (Phi) is 5.11. The minimum Gasteiger partial charge on any atom is -0.393 e. The predicted octanol–water partition coefficient (Wildman–Crippen LogP) is 4.14. The minimum atomic E-state index is -0.124. The van der Waals surface area contributed by atoms with Crippen molar-refractivity contribution in [1.29, 1.82) is 0 Å². The molecule has 1 N–H and O–H groups in total. The largest absolute Gasteiger partial charge is 0.393 e. The Morgan fingerprint density at radius 1 is 1.07 bits per heavy atom. The molecule has 0 aromatic heterocycles. The third-order valence-electron chi connectivity index (χ3n) is 3.82. The van der Waals surface area contributed by atoms with Crippen LogP contribution in [0.1, 0.15) is 72.1 Å².